The highest BCUT2D eigenvalue weighted by Crippen LogP contribution is 2.13. The maximum atomic E-state index is 11.7. The van der Waals surface area contributed by atoms with Gasteiger partial charge >= 0.3 is 0 Å². The van der Waals surface area contributed by atoms with Gasteiger partial charge in [0, 0.05) is 45.2 Å². The Morgan fingerprint density at radius 2 is 2.21 bits per heavy atom. The van der Waals surface area contributed by atoms with Crippen molar-refractivity contribution in [1.82, 2.24) is 15.5 Å². The second-order valence-electron chi connectivity index (χ2n) is 4.06. The summed E-state index contributed by atoms with van der Waals surface area (Å²) in [5.41, 5.74) is 0. The summed E-state index contributed by atoms with van der Waals surface area (Å²) in [5.74, 6) is 0.350. The summed E-state index contributed by atoms with van der Waals surface area (Å²) in [6.07, 6.45) is 0.641. The lowest BCUT2D eigenvalue weighted by molar-refractivity contribution is -0.123. The summed E-state index contributed by atoms with van der Waals surface area (Å²) in [6.45, 7) is 7.07. The molecule has 4 nitrogen and oxygen atoms in total. The number of Topliss-reactive ketones (excluding diaryl/α,β-unsaturated/α-hetero) is 1. The lowest BCUT2D eigenvalue weighted by Crippen LogP contribution is -2.67. The third kappa shape index (κ3) is 1.82. The van der Waals surface area contributed by atoms with Gasteiger partial charge in [-0.05, 0) is 0 Å². The zero-order chi connectivity index (χ0) is 9.97. The van der Waals surface area contributed by atoms with E-state index in [2.05, 4.69) is 15.5 Å². The van der Waals surface area contributed by atoms with Crippen molar-refractivity contribution in [2.75, 3.05) is 32.7 Å². The van der Waals surface area contributed by atoms with Crippen LogP contribution in [0.5, 0.6) is 0 Å². The van der Waals surface area contributed by atoms with Gasteiger partial charge in [-0.3, -0.25) is 9.69 Å². The third-order valence-electron chi connectivity index (χ3n) is 3.24. The summed E-state index contributed by atoms with van der Waals surface area (Å²) in [7, 11) is 0. The van der Waals surface area contributed by atoms with Crippen LogP contribution in [0.4, 0.5) is 0 Å². The van der Waals surface area contributed by atoms with Crippen molar-refractivity contribution in [3.8, 4) is 0 Å². The number of rotatable bonds is 2. The Morgan fingerprint density at radius 3 is 3.00 bits per heavy atom. The van der Waals surface area contributed by atoms with Crippen LogP contribution < -0.4 is 10.6 Å². The molecule has 0 saturated carbocycles. The highest BCUT2D eigenvalue weighted by atomic mass is 16.1. The second-order valence-corrected chi connectivity index (χ2v) is 4.06. The van der Waals surface area contributed by atoms with Gasteiger partial charge in [-0.15, -0.1) is 0 Å². The molecule has 2 aliphatic rings. The predicted molar refractivity (Wildman–Crippen MR) is 55.3 cm³/mol. The van der Waals surface area contributed by atoms with Crippen molar-refractivity contribution in [3.63, 3.8) is 0 Å². The van der Waals surface area contributed by atoms with Gasteiger partial charge in [0.05, 0.1) is 6.04 Å². The van der Waals surface area contributed by atoms with E-state index in [1.54, 1.807) is 0 Å². The smallest absolute Gasteiger partial charge is 0.151 e. The first-order valence-electron chi connectivity index (χ1n) is 5.54. The van der Waals surface area contributed by atoms with Crippen LogP contribution in [-0.2, 0) is 4.79 Å². The quantitative estimate of drug-likeness (QED) is 0.609. The predicted octanol–water partition coefficient (Wildman–Crippen LogP) is -0.789. The van der Waals surface area contributed by atoms with E-state index in [-0.39, 0.29) is 6.04 Å². The molecule has 0 aromatic heterocycles. The van der Waals surface area contributed by atoms with Gasteiger partial charge in [0.1, 0.15) is 0 Å². The van der Waals surface area contributed by atoms with Crippen molar-refractivity contribution in [2.45, 2.75) is 25.4 Å². The monoisotopic (exact) mass is 197 g/mol. The van der Waals surface area contributed by atoms with E-state index >= 15 is 0 Å². The normalized spacial score (nSPS) is 33.8. The molecule has 80 valence electrons. The van der Waals surface area contributed by atoms with Crippen molar-refractivity contribution < 1.29 is 4.79 Å². The zero-order valence-corrected chi connectivity index (χ0v) is 8.75. The minimum Gasteiger partial charge on any atom is -0.314 e. The number of carbonyl (C=O) groups excluding carboxylic acids is 1. The number of hydrogen-bond acceptors (Lipinski definition) is 4. The van der Waals surface area contributed by atoms with Gasteiger partial charge in [-0.25, -0.2) is 0 Å². The van der Waals surface area contributed by atoms with Crippen LogP contribution in [0.1, 0.15) is 13.3 Å². The fourth-order valence-corrected chi connectivity index (χ4v) is 2.42. The molecule has 0 aromatic rings. The molecule has 2 N–H and O–H groups in total. The Bertz CT molecular complexity index is 217. The van der Waals surface area contributed by atoms with Crippen LogP contribution in [0.2, 0.25) is 0 Å². The van der Waals surface area contributed by atoms with E-state index in [4.69, 9.17) is 0 Å². The first-order chi connectivity index (χ1) is 6.83. The number of piperazine rings is 2. The number of ketones is 1. The van der Waals surface area contributed by atoms with E-state index in [1.807, 2.05) is 6.92 Å². The molecule has 0 bridgehead atoms. The number of hydrogen-bond donors (Lipinski definition) is 2. The first-order valence-corrected chi connectivity index (χ1v) is 5.54. The van der Waals surface area contributed by atoms with E-state index in [0.29, 0.717) is 18.2 Å². The summed E-state index contributed by atoms with van der Waals surface area (Å²) < 4.78 is 0. The molecule has 2 atom stereocenters. The molecule has 2 saturated heterocycles. The highest BCUT2D eigenvalue weighted by Gasteiger charge is 2.35. The van der Waals surface area contributed by atoms with Gasteiger partial charge in [0.2, 0.25) is 0 Å². The van der Waals surface area contributed by atoms with Crippen molar-refractivity contribution in [1.29, 1.82) is 0 Å². The molecule has 2 fully saturated rings. The summed E-state index contributed by atoms with van der Waals surface area (Å²) >= 11 is 0. The van der Waals surface area contributed by atoms with Crippen LogP contribution in [-0.4, -0.2) is 55.5 Å². The molecule has 0 aliphatic carbocycles. The molecule has 14 heavy (non-hydrogen) atoms. The van der Waals surface area contributed by atoms with E-state index in [9.17, 15) is 4.79 Å². The topological polar surface area (TPSA) is 44.4 Å². The lowest BCUT2D eigenvalue weighted by atomic mass is 9.96. The molecule has 0 aromatic carbocycles. The van der Waals surface area contributed by atoms with Crippen molar-refractivity contribution in [2.24, 2.45) is 0 Å². The van der Waals surface area contributed by atoms with Gasteiger partial charge in [0.15, 0.2) is 5.78 Å². The van der Waals surface area contributed by atoms with Crippen LogP contribution >= 0.6 is 0 Å². The van der Waals surface area contributed by atoms with Crippen LogP contribution in [0.3, 0.4) is 0 Å². The van der Waals surface area contributed by atoms with E-state index in [1.165, 1.54) is 0 Å². The Kier molecular flexibility index (Phi) is 3.15. The lowest BCUT2D eigenvalue weighted by Gasteiger charge is -2.44. The van der Waals surface area contributed by atoms with Crippen LogP contribution in [0.25, 0.3) is 0 Å². The van der Waals surface area contributed by atoms with Crippen molar-refractivity contribution >= 4 is 5.78 Å². The molecule has 0 amide bonds. The van der Waals surface area contributed by atoms with Gasteiger partial charge < -0.3 is 10.6 Å². The molecule has 2 unspecified atom stereocenters. The van der Waals surface area contributed by atoms with Gasteiger partial charge in [-0.2, -0.15) is 0 Å². The highest BCUT2D eigenvalue weighted by molar-refractivity contribution is 5.84. The number of fused-ring (bicyclic) bond motifs is 1. The molecule has 2 rings (SSSR count). The minimum absolute atomic E-state index is 0.0570. The van der Waals surface area contributed by atoms with E-state index < -0.39 is 0 Å². The Hall–Kier alpha value is -0.450. The summed E-state index contributed by atoms with van der Waals surface area (Å²) in [5, 5.41) is 6.70. The average molecular weight is 197 g/mol. The SMILES string of the molecule is CCC(=O)C1NCCN2CCNCC12. The number of nitrogens with zero attached hydrogens (tertiary/aromatic N) is 1. The standard InChI is InChI=1S/C10H19N3O/c1-2-9(14)10-8-7-11-3-5-13(8)6-4-12-10/h8,10-12H,2-7H2,1H3. The molecule has 0 spiro atoms. The third-order valence-corrected chi connectivity index (χ3v) is 3.24. The molecule has 4 heteroatoms. The molecule has 2 aliphatic heterocycles. The largest absolute Gasteiger partial charge is 0.314 e. The second kappa shape index (κ2) is 4.38. The number of nitrogens with one attached hydrogen (secondary N) is 2. The van der Waals surface area contributed by atoms with Crippen LogP contribution in [0.15, 0.2) is 0 Å². The summed E-state index contributed by atoms with van der Waals surface area (Å²) in [6, 6.07) is 0.437. The molecular weight excluding hydrogens is 178 g/mol. The minimum atomic E-state index is 0.0570. The zero-order valence-electron chi connectivity index (χ0n) is 8.75. The fourth-order valence-electron chi connectivity index (χ4n) is 2.42. The Morgan fingerprint density at radius 1 is 1.43 bits per heavy atom. The fraction of sp³-hybridized carbons (Fsp3) is 0.900. The van der Waals surface area contributed by atoms with Crippen molar-refractivity contribution in [3.05, 3.63) is 0 Å². The van der Waals surface area contributed by atoms with E-state index in [0.717, 1.165) is 32.7 Å². The summed E-state index contributed by atoms with van der Waals surface area (Å²) in [4.78, 5) is 14.1. The average Bonchev–Trinajstić information content (AvgIpc) is 2.27. The Labute approximate surface area is 85.0 Å². The van der Waals surface area contributed by atoms with Gasteiger partial charge in [0.25, 0.3) is 0 Å². The maximum absolute atomic E-state index is 11.7. The molecular formula is C10H19N3O. The van der Waals surface area contributed by atoms with Crippen LogP contribution in [0, 0.1) is 0 Å². The molecule has 0 radical (unpaired) electrons. The first kappa shape index (κ1) is 10.1. The molecule has 2 heterocycles. The number of carbonyl (C=O) groups is 1. The maximum Gasteiger partial charge on any atom is 0.151 e. The van der Waals surface area contributed by atoms with Gasteiger partial charge in [-0.1, -0.05) is 6.92 Å². The Balaban J connectivity index is 2.04.